The second-order valence-electron chi connectivity index (χ2n) is 5.84. The second kappa shape index (κ2) is 8.06. The fourth-order valence-corrected chi connectivity index (χ4v) is 2.85. The summed E-state index contributed by atoms with van der Waals surface area (Å²) in [5.41, 5.74) is 0. The van der Waals surface area contributed by atoms with E-state index in [-0.39, 0.29) is 0 Å². The zero-order chi connectivity index (χ0) is 12.7. The van der Waals surface area contributed by atoms with Gasteiger partial charge in [-0.3, -0.25) is 0 Å². The lowest BCUT2D eigenvalue weighted by molar-refractivity contribution is 0.121. The highest BCUT2D eigenvalue weighted by molar-refractivity contribution is 4.77. The van der Waals surface area contributed by atoms with Crippen molar-refractivity contribution in [3.63, 3.8) is 0 Å². The molecule has 3 nitrogen and oxygen atoms in total. The number of likely N-dealkylation sites (tertiary alicyclic amines) is 1. The van der Waals surface area contributed by atoms with Gasteiger partial charge < -0.3 is 15.1 Å². The van der Waals surface area contributed by atoms with Crippen molar-refractivity contribution < 1.29 is 0 Å². The number of piperidine rings is 1. The summed E-state index contributed by atoms with van der Waals surface area (Å²) in [6, 6.07) is 0.767. The van der Waals surface area contributed by atoms with Gasteiger partial charge in [-0.2, -0.15) is 0 Å². The Labute approximate surface area is 108 Å². The summed E-state index contributed by atoms with van der Waals surface area (Å²) in [6.07, 6.45) is 5.40. The first kappa shape index (κ1) is 14.9. The van der Waals surface area contributed by atoms with Crippen LogP contribution in [0, 0.1) is 5.92 Å². The normalized spacial score (nSPS) is 21.0. The van der Waals surface area contributed by atoms with E-state index in [1.54, 1.807) is 0 Å². The Morgan fingerprint density at radius 1 is 1.29 bits per heavy atom. The number of hydrogen-bond donors (Lipinski definition) is 1. The van der Waals surface area contributed by atoms with E-state index in [0.717, 1.165) is 18.5 Å². The minimum atomic E-state index is 0.767. The van der Waals surface area contributed by atoms with Crippen LogP contribution in [0.3, 0.4) is 0 Å². The summed E-state index contributed by atoms with van der Waals surface area (Å²) in [5, 5.41) is 3.23. The lowest BCUT2D eigenvalue weighted by Crippen LogP contribution is -2.42. The molecule has 0 radical (unpaired) electrons. The molecule has 0 aromatic carbocycles. The lowest BCUT2D eigenvalue weighted by atomic mass is 9.95. The van der Waals surface area contributed by atoms with Crippen molar-refractivity contribution in [3.8, 4) is 0 Å². The predicted octanol–water partition coefficient (Wildman–Crippen LogP) is 1.65. The zero-order valence-corrected chi connectivity index (χ0v) is 12.2. The molecule has 1 atom stereocenters. The summed E-state index contributed by atoms with van der Waals surface area (Å²) in [4.78, 5) is 5.01. The third kappa shape index (κ3) is 5.84. The molecule has 1 heterocycles. The van der Waals surface area contributed by atoms with Crippen molar-refractivity contribution in [2.75, 3.05) is 47.3 Å². The fraction of sp³-hybridized carbons (Fsp3) is 1.00. The Bertz CT molecular complexity index is 186. The van der Waals surface area contributed by atoms with Gasteiger partial charge >= 0.3 is 0 Å². The first-order chi connectivity index (χ1) is 8.13. The van der Waals surface area contributed by atoms with Crippen LogP contribution in [0.15, 0.2) is 0 Å². The monoisotopic (exact) mass is 241 g/mol. The summed E-state index contributed by atoms with van der Waals surface area (Å²) in [6.45, 7) is 7.42. The van der Waals surface area contributed by atoms with Gasteiger partial charge in [-0.05, 0) is 79.3 Å². The molecule has 0 saturated carbocycles. The van der Waals surface area contributed by atoms with Gasteiger partial charge in [0, 0.05) is 12.6 Å². The van der Waals surface area contributed by atoms with Crippen LogP contribution >= 0.6 is 0 Å². The fourth-order valence-electron chi connectivity index (χ4n) is 2.85. The first-order valence-electron chi connectivity index (χ1n) is 7.17. The van der Waals surface area contributed by atoms with Gasteiger partial charge in [0.25, 0.3) is 0 Å². The zero-order valence-electron chi connectivity index (χ0n) is 12.2. The topological polar surface area (TPSA) is 18.5 Å². The van der Waals surface area contributed by atoms with Crippen LogP contribution in [0.2, 0.25) is 0 Å². The SMILES string of the molecule is CNCCCC(C)N1CCC(CN(C)C)CC1. The molecule has 1 aliphatic rings. The van der Waals surface area contributed by atoms with E-state index in [2.05, 4.69) is 36.1 Å². The minimum Gasteiger partial charge on any atom is -0.320 e. The van der Waals surface area contributed by atoms with E-state index >= 15 is 0 Å². The van der Waals surface area contributed by atoms with E-state index in [1.807, 2.05) is 7.05 Å². The summed E-state index contributed by atoms with van der Waals surface area (Å²) in [5.74, 6) is 0.922. The van der Waals surface area contributed by atoms with Gasteiger partial charge in [0.15, 0.2) is 0 Å². The van der Waals surface area contributed by atoms with E-state index < -0.39 is 0 Å². The molecule has 1 aliphatic heterocycles. The van der Waals surface area contributed by atoms with Gasteiger partial charge in [-0.25, -0.2) is 0 Å². The van der Waals surface area contributed by atoms with Crippen LogP contribution in [0.25, 0.3) is 0 Å². The predicted molar refractivity (Wildman–Crippen MR) is 75.5 cm³/mol. The average molecular weight is 241 g/mol. The number of nitrogens with zero attached hydrogens (tertiary/aromatic N) is 2. The van der Waals surface area contributed by atoms with Crippen molar-refractivity contribution in [1.82, 2.24) is 15.1 Å². The van der Waals surface area contributed by atoms with Crippen molar-refractivity contribution in [2.24, 2.45) is 5.92 Å². The molecule has 1 fully saturated rings. The lowest BCUT2D eigenvalue weighted by Gasteiger charge is -2.37. The van der Waals surface area contributed by atoms with E-state index in [0.29, 0.717) is 0 Å². The number of rotatable bonds is 7. The van der Waals surface area contributed by atoms with Crippen molar-refractivity contribution in [3.05, 3.63) is 0 Å². The van der Waals surface area contributed by atoms with Crippen LogP contribution in [0.1, 0.15) is 32.6 Å². The molecule has 0 spiro atoms. The van der Waals surface area contributed by atoms with Crippen LogP contribution in [-0.4, -0.2) is 63.2 Å². The maximum absolute atomic E-state index is 3.23. The number of hydrogen-bond acceptors (Lipinski definition) is 3. The molecule has 0 aromatic rings. The first-order valence-corrected chi connectivity index (χ1v) is 7.17. The largest absolute Gasteiger partial charge is 0.320 e. The Hall–Kier alpha value is -0.120. The van der Waals surface area contributed by atoms with Crippen LogP contribution in [-0.2, 0) is 0 Å². The maximum Gasteiger partial charge on any atom is 0.00674 e. The summed E-state index contributed by atoms with van der Waals surface area (Å²) >= 11 is 0. The van der Waals surface area contributed by atoms with E-state index in [1.165, 1.54) is 45.3 Å². The standard InChI is InChI=1S/C14H31N3/c1-13(6-5-9-15-2)17-10-7-14(8-11-17)12-16(3)4/h13-15H,5-12H2,1-4H3. The number of nitrogens with one attached hydrogen (secondary N) is 1. The van der Waals surface area contributed by atoms with Gasteiger partial charge in [-0.1, -0.05) is 0 Å². The van der Waals surface area contributed by atoms with Crippen molar-refractivity contribution >= 4 is 0 Å². The smallest absolute Gasteiger partial charge is 0.00674 e. The Balaban J connectivity index is 2.17. The van der Waals surface area contributed by atoms with Crippen LogP contribution in [0.4, 0.5) is 0 Å². The molecule has 0 aliphatic carbocycles. The van der Waals surface area contributed by atoms with Gasteiger partial charge in [0.2, 0.25) is 0 Å². The van der Waals surface area contributed by atoms with Crippen LogP contribution < -0.4 is 5.32 Å². The minimum absolute atomic E-state index is 0.767. The summed E-state index contributed by atoms with van der Waals surface area (Å²) in [7, 11) is 6.41. The average Bonchev–Trinajstić information content (AvgIpc) is 2.29. The molecule has 0 aromatic heterocycles. The highest BCUT2D eigenvalue weighted by atomic mass is 15.2. The van der Waals surface area contributed by atoms with Crippen molar-refractivity contribution in [2.45, 2.75) is 38.6 Å². The van der Waals surface area contributed by atoms with Gasteiger partial charge in [-0.15, -0.1) is 0 Å². The molecule has 0 amide bonds. The molecule has 1 saturated heterocycles. The molecular formula is C14H31N3. The van der Waals surface area contributed by atoms with E-state index in [9.17, 15) is 0 Å². The molecule has 102 valence electrons. The molecule has 17 heavy (non-hydrogen) atoms. The third-order valence-electron chi connectivity index (χ3n) is 3.94. The third-order valence-corrected chi connectivity index (χ3v) is 3.94. The highest BCUT2D eigenvalue weighted by Crippen LogP contribution is 2.20. The Morgan fingerprint density at radius 2 is 1.94 bits per heavy atom. The molecular weight excluding hydrogens is 210 g/mol. The summed E-state index contributed by atoms with van der Waals surface area (Å²) < 4.78 is 0. The Kier molecular flexibility index (Phi) is 7.09. The van der Waals surface area contributed by atoms with Crippen LogP contribution in [0.5, 0.6) is 0 Å². The quantitative estimate of drug-likeness (QED) is 0.684. The maximum atomic E-state index is 3.23. The molecule has 1 unspecified atom stereocenters. The Morgan fingerprint density at radius 3 is 2.47 bits per heavy atom. The highest BCUT2D eigenvalue weighted by Gasteiger charge is 2.22. The molecule has 1 rings (SSSR count). The molecule has 3 heteroatoms. The molecule has 1 N–H and O–H groups in total. The second-order valence-corrected chi connectivity index (χ2v) is 5.84. The van der Waals surface area contributed by atoms with Gasteiger partial charge in [0.05, 0.1) is 0 Å². The molecule has 0 bridgehead atoms. The van der Waals surface area contributed by atoms with E-state index in [4.69, 9.17) is 0 Å². The van der Waals surface area contributed by atoms with Gasteiger partial charge in [0.1, 0.15) is 0 Å². The van der Waals surface area contributed by atoms with Crippen molar-refractivity contribution in [1.29, 1.82) is 0 Å².